The first-order valence-electron chi connectivity index (χ1n) is 19.4. The van der Waals surface area contributed by atoms with Crippen molar-refractivity contribution < 1.29 is 58.4 Å². The molecule has 3 rings (SSSR count). The minimum atomic E-state index is -6.04. The van der Waals surface area contributed by atoms with Crippen molar-refractivity contribution >= 4 is 23.6 Å². The van der Waals surface area contributed by atoms with Crippen molar-refractivity contribution in [2.75, 3.05) is 13.0 Å². The Morgan fingerprint density at radius 2 is 2.03 bits per heavy atom. The van der Waals surface area contributed by atoms with Gasteiger partial charge in [0.1, 0.15) is 18.1 Å². The lowest BCUT2D eigenvalue weighted by Gasteiger charge is -2.37. The molecule has 2 heterocycles. The molecule has 35 heavy (non-hydrogen) atoms. The summed E-state index contributed by atoms with van der Waals surface area (Å²) < 4.78 is 192. The van der Waals surface area contributed by atoms with Crippen LogP contribution in [-0.2, 0) is 19.2 Å². The lowest BCUT2D eigenvalue weighted by molar-refractivity contribution is -0.176. The Morgan fingerprint density at radius 1 is 1.34 bits per heavy atom. The monoisotopic (exact) mass is 518 g/mol. The predicted molar refractivity (Wildman–Crippen MR) is 117 cm³/mol. The molecule has 9 nitrogen and oxygen atoms in total. The highest BCUT2D eigenvalue weighted by Crippen LogP contribution is 2.65. The minimum Gasteiger partial charge on any atom is -0.356 e. The van der Waals surface area contributed by atoms with E-state index < -0.39 is 137 Å². The smallest absolute Gasteiger partial charge is 0.356 e. The van der Waals surface area contributed by atoms with Crippen molar-refractivity contribution in [1.82, 2.24) is 20.9 Å². The minimum absolute atomic E-state index is 0.0371. The maximum Gasteiger partial charge on any atom is 0.471 e. The van der Waals surface area contributed by atoms with Crippen molar-refractivity contribution in [1.29, 1.82) is 5.26 Å². The van der Waals surface area contributed by atoms with E-state index in [-0.39, 0.29) is 4.90 Å². The van der Waals surface area contributed by atoms with Crippen LogP contribution >= 0.6 is 0 Å². The molecule has 1 aliphatic carbocycles. The second-order valence-electron chi connectivity index (χ2n) is 8.31. The van der Waals surface area contributed by atoms with E-state index in [2.05, 4.69) is 0 Å². The van der Waals surface area contributed by atoms with Crippen LogP contribution in [0.3, 0.4) is 0 Å². The van der Waals surface area contributed by atoms with E-state index in [9.17, 15) is 37.6 Å². The number of alkyl halides is 3. The Morgan fingerprint density at radius 3 is 2.54 bits per heavy atom. The van der Waals surface area contributed by atoms with Gasteiger partial charge in [0.25, 0.3) is 0 Å². The number of hydrogen-bond donors (Lipinski definition) is 3. The predicted octanol–water partition coefficient (Wildman–Crippen LogP) is 1.10. The molecule has 3 fully saturated rings. The lowest BCUT2D eigenvalue weighted by Crippen LogP contribution is -2.61. The van der Waals surface area contributed by atoms with E-state index in [4.69, 9.17) is 26.0 Å². The van der Waals surface area contributed by atoms with Gasteiger partial charge in [0.05, 0.1) is 6.07 Å². The first-order chi connectivity index (χ1) is 23.7. The molecule has 2 aliphatic heterocycles. The number of rotatable bonds is 6. The van der Waals surface area contributed by atoms with Crippen LogP contribution in [0.1, 0.15) is 73.1 Å². The quantitative estimate of drug-likeness (QED) is 0.485. The third-order valence-electron chi connectivity index (χ3n) is 5.89. The summed E-state index contributed by atoms with van der Waals surface area (Å²) in [5.41, 5.74) is -7.56. The maximum atomic E-state index is 14.4. The molecule has 0 radical (unpaired) electrons. The first kappa shape index (κ1) is 11.0. The lowest BCUT2D eigenvalue weighted by atomic mass is 9.85. The zero-order valence-corrected chi connectivity index (χ0v) is 17.5. The van der Waals surface area contributed by atoms with Crippen molar-refractivity contribution in [3.8, 4) is 6.07 Å². The molecule has 6 atom stereocenters. The number of fused-ring (bicyclic) bond motifs is 1. The van der Waals surface area contributed by atoms with Crippen molar-refractivity contribution in [3.05, 3.63) is 0 Å². The summed E-state index contributed by atoms with van der Waals surface area (Å²) in [4.78, 5) is 53.1. The molecular weight excluding hydrogens is 467 g/mol. The van der Waals surface area contributed by atoms with Gasteiger partial charge >= 0.3 is 12.1 Å². The SMILES string of the molecule is [2H]C1([2H])C[C@@H](C([2H])([2H])[C@@H](C#N)NC(=O)[C@@H]2[C@@H]3[C@H](CN2C(=O)[C@@H](NC(=O)C(F)(F)F)C(C([2H])([2H])[2H])(C([2H])([2H])[2H])C([2H])([2H])[2H])C3(C([2H])([2H])[2H])C([2H])([2H])[2H])C(=O)N1. The van der Waals surface area contributed by atoms with E-state index >= 15 is 0 Å². The van der Waals surface area contributed by atoms with Gasteiger partial charge in [-0.3, -0.25) is 19.2 Å². The molecule has 0 aromatic heterocycles. The Bertz CT molecular complexity index is 1550. The van der Waals surface area contributed by atoms with E-state index in [1.807, 2.05) is 5.32 Å². The van der Waals surface area contributed by atoms with Crippen LogP contribution in [0.15, 0.2) is 0 Å². The highest BCUT2D eigenvalue weighted by Gasteiger charge is 2.70. The first-order valence-corrected chi connectivity index (χ1v) is 9.92. The largest absolute Gasteiger partial charge is 0.471 e. The fourth-order valence-corrected chi connectivity index (χ4v) is 4.10. The van der Waals surface area contributed by atoms with Crippen LogP contribution in [0, 0.1) is 39.9 Å². The van der Waals surface area contributed by atoms with Crippen LogP contribution in [0.2, 0.25) is 0 Å². The fraction of sp³-hybridized carbons (Fsp3) is 0.783. The average molecular weight is 519 g/mol. The van der Waals surface area contributed by atoms with Gasteiger partial charge < -0.3 is 20.9 Å². The highest BCUT2D eigenvalue weighted by molar-refractivity contribution is 5.95. The number of nitriles is 1. The van der Waals surface area contributed by atoms with Crippen molar-refractivity contribution in [2.24, 2.45) is 28.6 Å². The summed E-state index contributed by atoms with van der Waals surface area (Å²) in [7, 11) is 0. The van der Waals surface area contributed by atoms with Gasteiger partial charge in [-0.2, -0.15) is 18.4 Å². The Kier molecular flexibility index (Phi) is 2.84. The standard InChI is InChI=1S/C23H32F3N5O4/c1-21(2,3)16(30-20(35)23(24,25)26)19(34)31-10-13-14(22(13,4)5)15(31)18(33)29-12(9-27)8-11-6-7-28-17(11)32/h11-16H,6-8,10H2,1-5H3,(H,28,32)(H,29,33)(H,30,35)/t11-,12-,13-,14-,15-,16+/m0/s1/i1D3,2D3,3D3,4D3,5D3,7D2,8D2. The molecule has 4 amide bonds. The summed E-state index contributed by atoms with van der Waals surface area (Å²) in [5, 5.41) is 14.2. The molecule has 12 heteroatoms. The van der Waals surface area contributed by atoms with Gasteiger partial charge in [0, 0.05) is 45.0 Å². The van der Waals surface area contributed by atoms with Gasteiger partial charge in [-0.1, -0.05) is 34.3 Å². The molecule has 2 saturated heterocycles. The van der Waals surface area contributed by atoms with Crippen LogP contribution in [0.4, 0.5) is 13.2 Å². The molecule has 0 unspecified atom stereocenters. The molecule has 3 N–H and O–H groups in total. The van der Waals surface area contributed by atoms with Crippen LogP contribution in [-0.4, -0.2) is 65.9 Å². The maximum absolute atomic E-state index is 14.4. The van der Waals surface area contributed by atoms with Crippen molar-refractivity contribution in [2.45, 2.75) is 71.4 Å². The Balaban J connectivity index is 2.31. The molecule has 0 aromatic carbocycles. The topological polar surface area (TPSA) is 131 Å². The van der Waals surface area contributed by atoms with Crippen LogP contribution in [0.5, 0.6) is 0 Å². The summed E-state index contributed by atoms with van der Waals surface area (Å²) in [6.45, 7) is -24.4. The van der Waals surface area contributed by atoms with Gasteiger partial charge in [-0.05, 0) is 35.5 Å². The number of piperidine rings is 1. The molecule has 0 spiro atoms. The Hall–Kier alpha value is -2.84. The molecule has 0 bridgehead atoms. The summed E-state index contributed by atoms with van der Waals surface area (Å²) in [6.07, 6.45) is -10.2. The third-order valence-corrected chi connectivity index (χ3v) is 5.89. The molecule has 0 aromatic rings. The van der Waals surface area contributed by atoms with E-state index in [1.165, 1.54) is 6.07 Å². The van der Waals surface area contributed by atoms with Crippen LogP contribution in [0.25, 0.3) is 0 Å². The van der Waals surface area contributed by atoms with Gasteiger partial charge in [-0.25, -0.2) is 0 Å². The summed E-state index contributed by atoms with van der Waals surface area (Å²) in [6, 6.07) is -7.69. The number of carbonyl (C=O) groups excluding carboxylic acids is 4. The zero-order chi connectivity index (χ0) is 42.6. The number of likely N-dealkylation sites (tertiary alicyclic amines) is 1. The van der Waals surface area contributed by atoms with Crippen molar-refractivity contribution in [3.63, 3.8) is 0 Å². The van der Waals surface area contributed by atoms with Gasteiger partial charge in [-0.15, -0.1) is 0 Å². The van der Waals surface area contributed by atoms with E-state index in [1.54, 1.807) is 5.32 Å². The number of nitrogens with zero attached hydrogens (tertiary/aromatic N) is 2. The van der Waals surface area contributed by atoms with Gasteiger partial charge in [0.15, 0.2) is 0 Å². The normalized spacial score (nSPS) is 40.6. The van der Waals surface area contributed by atoms with E-state index in [0.29, 0.717) is 0 Å². The highest BCUT2D eigenvalue weighted by atomic mass is 19.4. The molecule has 1 saturated carbocycles. The molecule has 3 aliphatic rings. The fourth-order valence-electron chi connectivity index (χ4n) is 4.10. The molecule has 194 valence electrons. The zero-order valence-electron chi connectivity index (χ0n) is 36.5. The van der Waals surface area contributed by atoms with Gasteiger partial charge in [0.2, 0.25) is 17.7 Å². The second-order valence-corrected chi connectivity index (χ2v) is 8.31. The third kappa shape index (κ3) is 5.23. The number of nitrogens with one attached hydrogen (secondary N) is 3. The Labute approximate surface area is 228 Å². The van der Waals surface area contributed by atoms with Crippen LogP contribution < -0.4 is 16.0 Å². The second kappa shape index (κ2) is 8.99. The number of hydrogen-bond acceptors (Lipinski definition) is 5. The number of amides is 4. The summed E-state index contributed by atoms with van der Waals surface area (Å²) >= 11 is 0. The number of halogens is 3. The summed E-state index contributed by atoms with van der Waals surface area (Å²) in [5.74, 6) is -14.7. The molecular formula is C23H32F3N5O4. The average Bonchev–Trinajstić information content (AvgIpc) is 3.30. The number of carbonyl (C=O) groups is 4. The van der Waals surface area contributed by atoms with E-state index in [0.717, 1.165) is 5.32 Å².